The molecule has 8 heteroatoms. The molecule has 1 aromatic heterocycles. The Kier molecular flexibility index (Phi) is 3.72. The summed E-state index contributed by atoms with van der Waals surface area (Å²) >= 11 is 11.6. The van der Waals surface area contributed by atoms with E-state index in [2.05, 4.69) is 15.3 Å². The maximum atomic E-state index is 12.2. The van der Waals surface area contributed by atoms with E-state index < -0.39 is 5.41 Å². The summed E-state index contributed by atoms with van der Waals surface area (Å²) in [4.78, 5) is 19.7. The number of hydrogen-bond donors (Lipinski definition) is 2. The van der Waals surface area contributed by atoms with Crippen molar-refractivity contribution in [2.45, 2.75) is 13.0 Å². The van der Waals surface area contributed by atoms with Crippen molar-refractivity contribution >= 4 is 34.9 Å². The molecular formula is C10H12Cl2N4O2. The van der Waals surface area contributed by atoms with Crippen molar-refractivity contribution < 1.29 is 9.53 Å². The van der Waals surface area contributed by atoms with E-state index in [0.29, 0.717) is 6.61 Å². The van der Waals surface area contributed by atoms with E-state index in [-0.39, 0.29) is 34.5 Å². The summed E-state index contributed by atoms with van der Waals surface area (Å²) in [6, 6.07) is -0.367. The summed E-state index contributed by atoms with van der Waals surface area (Å²) < 4.78 is 5.21. The summed E-state index contributed by atoms with van der Waals surface area (Å²) in [6.07, 6.45) is 1.22. The molecule has 0 aromatic carbocycles. The highest BCUT2D eigenvalue weighted by Crippen LogP contribution is 2.31. The van der Waals surface area contributed by atoms with Gasteiger partial charge in [0.2, 0.25) is 5.91 Å². The van der Waals surface area contributed by atoms with E-state index in [1.165, 1.54) is 6.33 Å². The van der Waals surface area contributed by atoms with E-state index in [0.717, 1.165) is 0 Å². The van der Waals surface area contributed by atoms with Gasteiger partial charge >= 0.3 is 0 Å². The lowest BCUT2D eigenvalue weighted by Crippen LogP contribution is -2.47. The molecule has 2 atom stereocenters. The Morgan fingerprint density at radius 3 is 2.94 bits per heavy atom. The van der Waals surface area contributed by atoms with Crippen LogP contribution in [0.2, 0.25) is 10.2 Å². The van der Waals surface area contributed by atoms with Crippen LogP contribution in [-0.2, 0) is 9.53 Å². The molecule has 1 aromatic rings. The Morgan fingerprint density at radius 1 is 1.61 bits per heavy atom. The molecule has 1 fully saturated rings. The quantitative estimate of drug-likeness (QED) is 0.796. The normalized spacial score (nSPS) is 27.2. The van der Waals surface area contributed by atoms with Gasteiger partial charge in [-0.25, -0.2) is 9.97 Å². The zero-order chi connectivity index (χ0) is 13.3. The largest absolute Gasteiger partial charge is 0.379 e. The molecule has 98 valence electrons. The van der Waals surface area contributed by atoms with Gasteiger partial charge < -0.3 is 15.8 Å². The zero-order valence-corrected chi connectivity index (χ0v) is 11.1. The molecule has 2 unspecified atom stereocenters. The van der Waals surface area contributed by atoms with E-state index in [1.807, 2.05) is 0 Å². The van der Waals surface area contributed by atoms with Crippen molar-refractivity contribution in [2.24, 2.45) is 11.1 Å². The van der Waals surface area contributed by atoms with Crippen LogP contribution in [0.25, 0.3) is 0 Å². The summed E-state index contributed by atoms with van der Waals surface area (Å²) in [5.41, 5.74) is 5.05. The number of nitrogens with one attached hydrogen (secondary N) is 1. The number of ether oxygens (including phenoxy) is 1. The standard InChI is InChI=1S/C10H12Cl2N4O2/c1-10(3-18-2-5(10)13)9(17)16-8-6(11)7(12)14-4-15-8/h4-5H,2-3,13H2,1H3,(H,14,15,16,17). The third-order valence-corrected chi connectivity index (χ3v) is 3.76. The average Bonchev–Trinajstić information content (AvgIpc) is 2.67. The molecule has 3 N–H and O–H groups in total. The van der Waals surface area contributed by atoms with Crippen LogP contribution in [-0.4, -0.2) is 35.1 Å². The van der Waals surface area contributed by atoms with Crippen molar-refractivity contribution in [3.63, 3.8) is 0 Å². The minimum atomic E-state index is -0.805. The topological polar surface area (TPSA) is 90.1 Å². The maximum absolute atomic E-state index is 12.2. The molecule has 18 heavy (non-hydrogen) atoms. The first-order chi connectivity index (χ1) is 8.45. The van der Waals surface area contributed by atoms with Gasteiger partial charge in [0, 0.05) is 6.04 Å². The molecule has 1 aliphatic heterocycles. The number of carbonyl (C=O) groups is 1. The molecule has 0 saturated carbocycles. The minimum Gasteiger partial charge on any atom is -0.379 e. The average molecular weight is 291 g/mol. The Bertz CT molecular complexity index is 485. The monoisotopic (exact) mass is 290 g/mol. The highest BCUT2D eigenvalue weighted by molar-refractivity contribution is 6.42. The van der Waals surface area contributed by atoms with Crippen molar-refractivity contribution in [3.05, 3.63) is 16.5 Å². The summed E-state index contributed by atoms with van der Waals surface area (Å²) in [7, 11) is 0. The first kappa shape index (κ1) is 13.5. The van der Waals surface area contributed by atoms with Crippen LogP contribution in [0.4, 0.5) is 5.82 Å². The fourth-order valence-electron chi connectivity index (χ4n) is 1.61. The fraction of sp³-hybridized carbons (Fsp3) is 0.500. The number of carbonyl (C=O) groups excluding carboxylic acids is 1. The van der Waals surface area contributed by atoms with Crippen molar-refractivity contribution in [3.8, 4) is 0 Å². The van der Waals surface area contributed by atoms with E-state index in [1.54, 1.807) is 6.92 Å². The molecule has 0 aliphatic carbocycles. The zero-order valence-electron chi connectivity index (χ0n) is 9.61. The number of nitrogens with two attached hydrogens (primary N) is 1. The first-order valence-electron chi connectivity index (χ1n) is 5.26. The number of anilines is 1. The number of halogens is 2. The number of amides is 1. The van der Waals surface area contributed by atoms with Gasteiger partial charge in [0.25, 0.3) is 0 Å². The molecule has 1 saturated heterocycles. The van der Waals surface area contributed by atoms with E-state index in [4.69, 9.17) is 33.7 Å². The molecule has 2 rings (SSSR count). The molecule has 1 aliphatic rings. The van der Waals surface area contributed by atoms with Gasteiger partial charge in [-0.1, -0.05) is 23.2 Å². The fourth-order valence-corrected chi connectivity index (χ4v) is 1.89. The van der Waals surface area contributed by atoms with Crippen LogP contribution in [0.1, 0.15) is 6.92 Å². The second kappa shape index (κ2) is 4.97. The Morgan fingerprint density at radius 2 is 2.33 bits per heavy atom. The third-order valence-electron chi connectivity index (χ3n) is 3.02. The molecular weight excluding hydrogens is 279 g/mol. The van der Waals surface area contributed by atoms with Crippen LogP contribution in [0.5, 0.6) is 0 Å². The van der Waals surface area contributed by atoms with Crippen LogP contribution in [0.3, 0.4) is 0 Å². The lowest BCUT2D eigenvalue weighted by molar-refractivity contribution is -0.125. The van der Waals surface area contributed by atoms with Gasteiger partial charge in [-0.3, -0.25) is 4.79 Å². The van der Waals surface area contributed by atoms with Gasteiger partial charge in [-0.05, 0) is 6.92 Å². The molecule has 0 bridgehead atoms. The van der Waals surface area contributed by atoms with Gasteiger partial charge in [0.1, 0.15) is 11.3 Å². The summed E-state index contributed by atoms with van der Waals surface area (Å²) in [6.45, 7) is 2.34. The SMILES string of the molecule is CC1(C(=O)Nc2ncnc(Cl)c2Cl)COCC1N. The van der Waals surface area contributed by atoms with Crippen molar-refractivity contribution in [1.82, 2.24) is 9.97 Å². The number of nitrogens with zero attached hydrogens (tertiary/aromatic N) is 2. The van der Waals surface area contributed by atoms with Crippen LogP contribution >= 0.6 is 23.2 Å². The predicted octanol–water partition coefficient (Wildman–Crippen LogP) is 1.09. The van der Waals surface area contributed by atoms with Crippen LogP contribution < -0.4 is 11.1 Å². The van der Waals surface area contributed by atoms with Gasteiger partial charge in [0.15, 0.2) is 11.0 Å². The molecule has 0 spiro atoms. The second-order valence-electron chi connectivity index (χ2n) is 4.32. The molecule has 2 heterocycles. The predicted molar refractivity (Wildman–Crippen MR) is 67.6 cm³/mol. The number of rotatable bonds is 2. The van der Waals surface area contributed by atoms with Gasteiger partial charge in [-0.2, -0.15) is 0 Å². The van der Waals surface area contributed by atoms with Crippen LogP contribution in [0, 0.1) is 5.41 Å². The Hall–Kier alpha value is -0.950. The van der Waals surface area contributed by atoms with Crippen molar-refractivity contribution in [1.29, 1.82) is 0 Å². The number of aromatic nitrogens is 2. The number of hydrogen-bond acceptors (Lipinski definition) is 5. The Balaban J connectivity index is 2.19. The second-order valence-corrected chi connectivity index (χ2v) is 5.06. The lowest BCUT2D eigenvalue weighted by Gasteiger charge is -2.25. The lowest BCUT2D eigenvalue weighted by atomic mass is 9.85. The summed E-state index contributed by atoms with van der Waals surface area (Å²) in [5, 5.41) is 2.78. The molecule has 6 nitrogen and oxygen atoms in total. The highest BCUT2D eigenvalue weighted by Gasteiger charge is 2.44. The molecule has 0 radical (unpaired) electrons. The molecule has 1 amide bonds. The third kappa shape index (κ3) is 2.29. The minimum absolute atomic E-state index is 0.0825. The van der Waals surface area contributed by atoms with Crippen LogP contribution in [0.15, 0.2) is 6.33 Å². The van der Waals surface area contributed by atoms with Crippen molar-refractivity contribution in [2.75, 3.05) is 18.5 Å². The Labute approximate surface area is 114 Å². The smallest absolute Gasteiger partial charge is 0.235 e. The van der Waals surface area contributed by atoms with E-state index >= 15 is 0 Å². The first-order valence-corrected chi connectivity index (χ1v) is 6.01. The van der Waals surface area contributed by atoms with Gasteiger partial charge in [0.05, 0.1) is 18.6 Å². The maximum Gasteiger partial charge on any atom is 0.235 e. The van der Waals surface area contributed by atoms with E-state index in [9.17, 15) is 4.79 Å². The summed E-state index contributed by atoms with van der Waals surface area (Å²) in [5.74, 6) is -0.133. The van der Waals surface area contributed by atoms with Gasteiger partial charge in [-0.15, -0.1) is 0 Å². The highest BCUT2D eigenvalue weighted by atomic mass is 35.5.